The van der Waals surface area contributed by atoms with Gasteiger partial charge in [0.25, 0.3) is 0 Å². The number of rotatable bonds is 6. The van der Waals surface area contributed by atoms with Gasteiger partial charge >= 0.3 is 0 Å². The average Bonchev–Trinajstić information content (AvgIpc) is 2.67. The van der Waals surface area contributed by atoms with Crippen molar-refractivity contribution in [2.45, 2.75) is 70.5 Å². The molecule has 112 valence electrons. The van der Waals surface area contributed by atoms with Gasteiger partial charge in [-0.2, -0.15) is 0 Å². The molecule has 3 atom stereocenters. The fraction of sp³-hybridized carbons (Fsp3) is 1.00. The maximum absolute atomic E-state index is 6.27. The van der Waals surface area contributed by atoms with E-state index >= 15 is 0 Å². The molecule has 19 heavy (non-hydrogen) atoms. The van der Waals surface area contributed by atoms with E-state index in [0.29, 0.717) is 0 Å². The predicted molar refractivity (Wildman–Crippen MR) is 82.3 cm³/mol. The number of nitrogens with two attached hydrogens (primary N) is 1. The molecular formula is C16H33N3. The van der Waals surface area contributed by atoms with E-state index in [-0.39, 0.29) is 5.54 Å². The van der Waals surface area contributed by atoms with Crippen molar-refractivity contribution in [3.8, 4) is 0 Å². The summed E-state index contributed by atoms with van der Waals surface area (Å²) >= 11 is 0. The second-order valence-corrected chi connectivity index (χ2v) is 6.94. The summed E-state index contributed by atoms with van der Waals surface area (Å²) in [4.78, 5) is 5.32. The second-order valence-electron chi connectivity index (χ2n) is 6.94. The van der Waals surface area contributed by atoms with Gasteiger partial charge in [0.1, 0.15) is 0 Å². The van der Waals surface area contributed by atoms with E-state index in [9.17, 15) is 0 Å². The van der Waals surface area contributed by atoms with Crippen molar-refractivity contribution < 1.29 is 0 Å². The summed E-state index contributed by atoms with van der Waals surface area (Å²) in [6, 6.07) is 1.54. The highest BCUT2D eigenvalue weighted by Crippen LogP contribution is 2.42. The van der Waals surface area contributed by atoms with Crippen molar-refractivity contribution in [1.29, 1.82) is 0 Å². The van der Waals surface area contributed by atoms with Crippen LogP contribution >= 0.6 is 0 Å². The van der Waals surface area contributed by atoms with Crippen LogP contribution in [0.15, 0.2) is 0 Å². The molecule has 0 aromatic rings. The monoisotopic (exact) mass is 267 g/mol. The van der Waals surface area contributed by atoms with Crippen LogP contribution in [-0.4, -0.2) is 54.1 Å². The standard InChI is InChI=1S/C16H33N3/c1-5-13(3)11-19(6-2)16(12-17)9-14-7-8-15(10-16)18(14)4/h13-15H,5-12,17H2,1-4H3. The van der Waals surface area contributed by atoms with E-state index in [1.165, 1.54) is 38.6 Å². The Hall–Kier alpha value is -0.120. The highest BCUT2D eigenvalue weighted by atomic mass is 15.3. The Morgan fingerprint density at radius 3 is 2.26 bits per heavy atom. The van der Waals surface area contributed by atoms with Crippen LogP contribution in [0, 0.1) is 5.92 Å². The minimum Gasteiger partial charge on any atom is -0.329 e. The van der Waals surface area contributed by atoms with E-state index in [0.717, 1.165) is 31.1 Å². The Balaban J connectivity index is 2.13. The van der Waals surface area contributed by atoms with Crippen LogP contribution in [0.25, 0.3) is 0 Å². The molecule has 3 heteroatoms. The summed E-state index contributed by atoms with van der Waals surface area (Å²) in [6.07, 6.45) is 6.58. The quantitative estimate of drug-likeness (QED) is 0.801. The Kier molecular flexibility index (Phi) is 4.91. The number of hydrogen-bond acceptors (Lipinski definition) is 3. The Labute approximate surface area is 119 Å². The molecule has 3 nitrogen and oxygen atoms in total. The van der Waals surface area contributed by atoms with Gasteiger partial charge < -0.3 is 10.6 Å². The summed E-state index contributed by atoms with van der Waals surface area (Å²) in [5, 5.41) is 0. The normalized spacial score (nSPS) is 36.9. The van der Waals surface area contributed by atoms with E-state index in [2.05, 4.69) is 37.6 Å². The van der Waals surface area contributed by atoms with Crippen LogP contribution in [-0.2, 0) is 0 Å². The first kappa shape index (κ1) is 15.3. The molecule has 2 rings (SSSR count). The Bertz CT molecular complexity index is 278. The van der Waals surface area contributed by atoms with Gasteiger partial charge in [-0.05, 0) is 45.2 Å². The highest BCUT2D eigenvalue weighted by molar-refractivity contribution is 5.06. The minimum atomic E-state index is 0.274. The lowest BCUT2D eigenvalue weighted by atomic mass is 9.80. The van der Waals surface area contributed by atoms with Gasteiger partial charge in [0.05, 0.1) is 0 Å². The first-order valence-electron chi connectivity index (χ1n) is 8.23. The van der Waals surface area contributed by atoms with E-state index < -0.39 is 0 Å². The Morgan fingerprint density at radius 1 is 1.26 bits per heavy atom. The fourth-order valence-electron chi connectivity index (χ4n) is 4.26. The van der Waals surface area contributed by atoms with Crippen LogP contribution in [0.5, 0.6) is 0 Å². The van der Waals surface area contributed by atoms with Crippen LogP contribution in [0.4, 0.5) is 0 Å². The molecule has 2 aliphatic heterocycles. The molecule has 2 fully saturated rings. The van der Waals surface area contributed by atoms with E-state index in [4.69, 9.17) is 5.73 Å². The van der Waals surface area contributed by atoms with Gasteiger partial charge in [-0.1, -0.05) is 27.2 Å². The summed E-state index contributed by atoms with van der Waals surface area (Å²) in [7, 11) is 2.31. The van der Waals surface area contributed by atoms with Gasteiger partial charge in [-0.3, -0.25) is 4.90 Å². The third kappa shape index (κ3) is 2.84. The first-order valence-corrected chi connectivity index (χ1v) is 8.23. The predicted octanol–water partition coefficient (Wildman–Crippen LogP) is 2.31. The van der Waals surface area contributed by atoms with Gasteiger partial charge in [0.15, 0.2) is 0 Å². The number of nitrogens with zero attached hydrogens (tertiary/aromatic N) is 2. The third-order valence-corrected chi connectivity index (χ3v) is 5.88. The van der Waals surface area contributed by atoms with Crippen LogP contribution in [0.2, 0.25) is 0 Å². The van der Waals surface area contributed by atoms with Crippen molar-refractivity contribution in [3.05, 3.63) is 0 Å². The smallest absolute Gasteiger partial charge is 0.0361 e. The van der Waals surface area contributed by atoms with E-state index in [1.807, 2.05) is 0 Å². The molecule has 2 N–H and O–H groups in total. The molecule has 0 spiro atoms. The lowest BCUT2D eigenvalue weighted by molar-refractivity contribution is -0.00364. The molecule has 0 aromatic heterocycles. The van der Waals surface area contributed by atoms with Crippen molar-refractivity contribution in [2.24, 2.45) is 11.7 Å². The number of hydrogen-bond donors (Lipinski definition) is 1. The van der Waals surface area contributed by atoms with Gasteiger partial charge in [0.2, 0.25) is 0 Å². The van der Waals surface area contributed by atoms with Crippen molar-refractivity contribution in [1.82, 2.24) is 9.80 Å². The molecule has 0 amide bonds. The molecule has 2 saturated heterocycles. The van der Waals surface area contributed by atoms with E-state index in [1.54, 1.807) is 0 Å². The van der Waals surface area contributed by atoms with Gasteiger partial charge in [-0.25, -0.2) is 0 Å². The number of piperidine rings is 1. The molecule has 0 aromatic carbocycles. The van der Waals surface area contributed by atoms with Crippen molar-refractivity contribution in [3.63, 3.8) is 0 Å². The van der Waals surface area contributed by atoms with Crippen molar-refractivity contribution >= 4 is 0 Å². The van der Waals surface area contributed by atoms with Gasteiger partial charge in [0, 0.05) is 30.7 Å². The number of fused-ring (bicyclic) bond motifs is 2. The maximum Gasteiger partial charge on any atom is 0.0361 e. The van der Waals surface area contributed by atoms with Crippen LogP contribution in [0.1, 0.15) is 52.9 Å². The zero-order valence-corrected chi connectivity index (χ0v) is 13.4. The summed E-state index contributed by atoms with van der Waals surface area (Å²) in [6.45, 7) is 10.2. The lowest BCUT2D eigenvalue weighted by Crippen LogP contribution is -2.62. The molecule has 0 aliphatic carbocycles. The molecule has 2 aliphatic rings. The fourth-order valence-corrected chi connectivity index (χ4v) is 4.26. The van der Waals surface area contributed by atoms with Crippen LogP contribution < -0.4 is 5.73 Å². The second kappa shape index (κ2) is 6.11. The summed E-state index contributed by atoms with van der Waals surface area (Å²) < 4.78 is 0. The topological polar surface area (TPSA) is 32.5 Å². The lowest BCUT2D eigenvalue weighted by Gasteiger charge is -2.51. The average molecular weight is 267 g/mol. The maximum atomic E-state index is 6.27. The molecule has 0 radical (unpaired) electrons. The largest absolute Gasteiger partial charge is 0.329 e. The third-order valence-electron chi connectivity index (χ3n) is 5.88. The summed E-state index contributed by atoms with van der Waals surface area (Å²) in [5.41, 5.74) is 6.54. The molecule has 2 bridgehead atoms. The molecular weight excluding hydrogens is 234 g/mol. The molecule has 0 saturated carbocycles. The SMILES string of the molecule is CCC(C)CN(CC)C1(CN)CC2CCC(C1)N2C. The van der Waals surface area contributed by atoms with Gasteiger partial charge in [-0.15, -0.1) is 0 Å². The zero-order valence-electron chi connectivity index (χ0n) is 13.4. The van der Waals surface area contributed by atoms with Crippen LogP contribution in [0.3, 0.4) is 0 Å². The Morgan fingerprint density at radius 2 is 1.84 bits per heavy atom. The zero-order chi connectivity index (χ0) is 14.0. The first-order chi connectivity index (χ1) is 9.06. The van der Waals surface area contributed by atoms with Crippen molar-refractivity contribution in [2.75, 3.05) is 26.7 Å². The summed E-state index contributed by atoms with van der Waals surface area (Å²) in [5.74, 6) is 0.778. The number of likely N-dealkylation sites (N-methyl/N-ethyl adjacent to an activating group) is 1. The molecule has 3 unspecified atom stereocenters. The minimum absolute atomic E-state index is 0.274. The molecule has 2 heterocycles. The highest BCUT2D eigenvalue weighted by Gasteiger charge is 2.48.